The fourth-order valence-corrected chi connectivity index (χ4v) is 1.31. The van der Waals surface area contributed by atoms with Gasteiger partial charge in [0, 0.05) is 19.5 Å². The van der Waals surface area contributed by atoms with Gasteiger partial charge in [0.15, 0.2) is 0 Å². The fourth-order valence-electron chi connectivity index (χ4n) is 1.31. The molecule has 0 fully saturated rings. The summed E-state index contributed by atoms with van der Waals surface area (Å²) < 4.78 is 0. The van der Waals surface area contributed by atoms with Crippen LogP contribution in [0.3, 0.4) is 0 Å². The van der Waals surface area contributed by atoms with Crippen LogP contribution in [0.5, 0.6) is 0 Å². The minimum Gasteiger partial charge on any atom is -0.353 e. The second kappa shape index (κ2) is 8.49. The molecule has 1 rings (SSSR count). The molecular weight excluding hydrogens is 254 g/mol. The Morgan fingerprint density at radius 3 is 2.39 bits per heavy atom. The van der Waals surface area contributed by atoms with E-state index in [1.165, 1.54) is 6.92 Å². The standard InChI is InChI=1S/C12H17N3O2.ClH/c1-9(16)14-8-12(17)15-7-11(13)10-5-3-2-4-6-10;/h2-6,11H,7-8,13H2,1H3,(H,14,16)(H,15,17);1H. The third kappa shape index (κ3) is 6.22. The van der Waals surface area contributed by atoms with Crippen molar-refractivity contribution in [2.75, 3.05) is 13.1 Å². The van der Waals surface area contributed by atoms with Crippen molar-refractivity contribution < 1.29 is 9.59 Å². The van der Waals surface area contributed by atoms with E-state index in [-0.39, 0.29) is 36.8 Å². The van der Waals surface area contributed by atoms with Crippen LogP contribution in [0.4, 0.5) is 0 Å². The van der Waals surface area contributed by atoms with Crippen molar-refractivity contribution in [1.29, 1.82) is 0 Å². The van der Waals surface area contributed by atoms with Crippen molar-refractivity contribution in [3.05, 3.63) is 35.9 Å². The van der Waals surface area contributed by atoms with Crippen LogP contribution in [0.15, 0.2) is 30.3 Å². The van der Waals surface area contributed by atoms with Crippen LogP contribution in [0.25, 0.3) is 0 Å². The molecule has 1 unspecified atom stereocenters. The molecular formula is C12H18ClN3O2. The Morgan fingerprint density at radius 1 is 1.22 bits per heavy atom. The summed E-state index contributed by atoms with van der Waals surface area (Å²) in [6.45, 7) is 1.70. The lowest BCUT2D eigenvalue weighted by Gasteiger charge is -2.13. The van der Waals surface area contributed by atoms with E-state index in [1.807, 2.05) is 30.3 Å². The number of amides is 2. The van der Waals surface area contributed by atoms with Crippen LogP contribution in [0.1, 0.15) is 18.5 Å². The lowest BCUT2D eigenvalue weighted by Crippen LogP contribution is -2.39. The predicted molar refractivity (Wildman–Crippen MR) is 72.3 cm³/mol. The summed E-state index contributed by atoms with van der Waals surface area (Å²) in [5.74, 6) is -0.473. The molecule has 5 nitrogen and oxygen atoms in total. The van der Waals surface area contributed by atoms with Gasteiger partial charge in [-0.15, -0.1) is 12.4 Å². The second-order valence-corrected chi connectivity index (χ2v) is 3.73. The first-order valence-electron chi connectivity index (χ1n) is 5.41. The molecule has 1 aromatic rings. The Hall–Kier alpha value is -1.59. The minimum absolute atomic E-state index is 0. The highest BCUT2D eigenvalue weighted by Crippen LogP contribution is 2.07. The maximum atomic E-state index is 11.3. The van der Waals surface area contributed by atoms with Gasteiger partial charge in [-0.05, 0) is 5.56 Å². The van der Waals surface area contributed by atoms with Gasteiger partial charge in [-0.2, -0.15) is 0 Å². The zero-order valence-electron chi connectivity index (χ0n) is 10.2. The predicted octanol–water partition coefficient (Wildman–Crippen LogP) is 0.361. The van der Waals surface area contributed by atoms with Crippen LogP contribution in [0.2, 0.25) is 0 Å². The van der Waals surface area contributed by atoms with Crippen molar-refractivity contribution in [3.8, 4) is 0 Å². The maximum absolute atomic E-state index is 11.3. The average molecular weight is 272 g/mol. The maximum Gasteiger partial charge on any atom is 0.239 e. The number of carbonyl (C=O) groups is 2. The van der Waals surface area contributed by atoms with E-state index >= 15 is 0 Å². The largest absolute Gasteiger partial charge is 0.353 e. The number of benzene rings is 1. The highest BCUT2D eigenvalue weighted by molar-refractivity contribution is 5.85. The Balaban J connectivity index is 0.00000289. The van der Waals surface area contributed by atoms with Crippen molar-refractivity contribution in [2.24, 2.45) is 5.73 Å². The molecule has 0 heterocycles. The second-order valence-electron chi connectivity index (χ2n) is 3.73. The number of hydrogen-bond acceptors (Lipinski definition) is 3. The molecule has 2 amide bonds. The Kier molecular flexibility index (Phi) is 7.74. The van der Waals surface area contributed by atoms with E-state index < -0.39 is 0 Å². The van der Waals surface area contributed by atoms with Crippen molar-refractivity contribution >= 4 is 24.2 Å². The van der Waals surface area contributed by atoms with Gasteiger partial charge >= 0.3 is 0 Å². The van der Waals surface area contributed by atoms with Gasteiger partial charge < -0.3 is 16.4 Å². The summed E-state index contributed by atoms with van der Waals surface area (Å²) in [6.07, 6.45) is 0. The molecule has 4 N–H and O–H groups in total. The Bertz CT molecular complexity index is 384. The van der Waals surface area contributed by atoms with Crippen LogP contribution in [0, 0.1) is 0 Å². The number of nitrogens with two attached hydrogens (primary N) is 1. The zero-order valence-corrected chi connectivity index (χ0v) is 11.0. The average Bonchev–Trinajstić information content (AvgIpc) is 2.34. The number of carbonyl (C=O) groups excluding carboxylic acids is 2. The number of halogens is 1. The molecule has 100 valence electrons. The summed E-state index contributed by atoms with van der Waals surface area (Å²) in [6, 6.07) is 9.28. The van der Waals surface area contributed by atoms with E-state index in [9.17, 15) is 9.59 Å². The van der Waals surface area contributed by atoms with Gasteiger partial charge in [-0.1, -0.05) is 30.3 Å². The lowest BCUT2D eigenvalue weighted by atomic mass is 10.1. The van der Waals surface area contributed by atoms with Gasteiger partial charge in [-0.25, -0.2) is 0 Å². The molecule has 0 aliphatic rings. The molecule has 0 saturated carbocycles. The molecule has 6 heteroatoms. The summed E-state index contributed by atoms with van der Waals surface area (Å²) in [4.78, 5) is 21.9. The normalized spacial score (nSPS) is 11.0. The summed E-state index contributed by atoms with van der Waals surface area (Å²) in [5.41, 5.74) is 6.86. The zero-order chi connectivity index (χ0) is 12.7. The summed E-state index contributed by atoms with van der Waals surface area (Å²) in [7, 11) is 0. The first kappa shape index (κ1) is 16.4. The van der Waals surface area contributed by atoms with Crippen molar-refractivity contribution in [3.63, 3.8) is 0 Å². The monoisotopic (exact) mass is 271 g/mol. The fraction of sp³-hybridized carbons (Fsp3) is 0.333. The van der Waals surface area contributed by atoms with Crippen LogP contribution in [-0.2, 0) is 9.59 Å². The smallest absolute Gasteiger partial charge is 0.239 e. The highest BCUT2D eigenvalue weighted by atomic mass is 35.5. The van der Waals surface area contributed by atoms with E-state index in [1.54, 1.807) is 0 Å². The van der Waals surface area contributed by atoms with Crippen molar-refractivity contribution in [2.45, 2.75) is 13.0 Å². The molecule has 0 bridgehead atoms. The van der Waals surface area contributed by atoms with E-state index in [2.05, 4.69) is 10.6 Å². The number of rotatable bonds is 5. The molecule has 1 aromatic carbocycles. The summed E-state index contributed by atoms with van der Waals surface area (Å²) in [5, 5.41) is 5.07. The molecule has 0 radical (unpaired) electrons. The van der Waals surface area contributed by atoms with Gasteiger partial charge in [0.05, 0.1) is 6.54 Å². The lowest BCUT2D eigenvalue weighted by molar-refractivity contribution is -0.125. The molecule has 0 aromatic heterocycles. The number of hydrogen-bond donors (Lipinski definition) is 3. The first-order valence-corrected chi connectivity index (χ1v) is 5.41. The third-order valence-corrected chi connectivity index (χ3v) is 2.24. The molecule has 0 spiro atoms. The molecule has 0 aliphatic heterocycles. The molecule has 0 saturated heterocycles. The van der Waals surface area contributed by atoms with Crippen LogP contribution in [-0.4, -0.2) is 24.9 Å². The number of nitrogens with one attached hydrogen (secondary N) is 2. The Labute approximate surface area is 113 Å². The molecule has 1 atom stereocenters. The molecule has 18 heavy (non-hydrogen) atoms. The topological polar surface area (TPSA) is 84.2 Å². The highest BCUT2D eigenvalue weighted by Gasteiger charge is 2.07. The van der Waals surface area contributed by atoms with E-state index in [4.69, 9.17) is 5.73 Å². The Morgan fingerprint density at radius 2 is 1.83 bits per heavy atom. The summed E-state index contributed by atoms with van der Waals surface area (Å²) >= 11 is 0. The minimum atomic E-state index is -0.244. The molecule has 0 aliphatic carbocycles. The van der Waals surface area contributed by atoms with E-state index in [0.717, 1.165) is 5.56 Å². The van der Waals surface area contributed by atoms with E-state index in [0.29, 0.717) is 6.54 Å². The SMILES string of the molecule is CC(=O)NCC(=O)NCC(N)c1ccccc1.Cl. The first-order chi connectivity index (χ1) is 8.09. The van der Waals surface area contributed by atoms with Gasteiger partial charge in [0.25, 0.3) is 0 Å². The van der Waals surface area contributed by atoms with Gasteiger partial charge in [0.1, 0.15) is 0 Å². The van der Waals surface area contributed by atoms with Gasteiger partial charge in [0.2, 0.25) is 11.8 Å². The van der Waals surface area contributed by atoms with Crippen LogP contribution < -0.4 is 16.4 Å². The quantitative estimate of drug-likeness (QED) is 0.723. The third-order valence-electron chi connectivity index (χ3n) is 2.24. The van der Waals surface area contributed by atoms with Crippen molar-refractivity contribution in [1.82, 2.24) is 10.6 Å². The van der Waals surface area contributed by atoms with Crippen LogP contribution >= 0.6 is 12.4 Å². The van der Waals surface area contributed by atoms with Gasteiger partial charge in [-0.3, -0.25) is 9.59 Å².